The lowest BCUT2D eigenvalue weighted by molar-refractivity contribution is -0.148. The van der Waals surface area contributed by atoms with Crippen LogP contribution in [0.15, 0.2) is 53.0 Å². The highest BCUT2D eigenvalue weighted by Gasteiger charge is 2.20. The number of hydrogen-bond acceptors (Lipinski definition) is 5. The molecule has 0 radical (unpaired) electrons. The number of carbonyl (C=O) groups excluding carboxylic acids is 3. The molecule has 2 aromatic carbocycles. The van der Waals surface area contributed by atoms with Crippen molar-refractivity contribution in [2.24, 2.45) is 5.92 Å². The molecule has 2 aromatic rings. The van der Waals surface area contributed by atoms with Gasteiger partial charge in [0.05, 0.1) is 0 Å². The molecule has 0 aromatic heterocycles. The van der Waals surface area contributed by atoms with Gasteiger partial charge in [0.25, 0.3) is 0 Å². The molecule has 6 nitrogen and oxygen atoms in total. The highest BCUT2D eigenvalue weighted by atomic mass is 79.9. The Kier molecular flexibility index (Phi) is 7.75. The molecule has 1 atom stereocenters. The zero-order valence-corrected chi connectivity index (χ0v) is 17.5. The lowest BCUT2D eigenvalue weighted by Gasteiger charge is -2.13. The minimum atomic E-state index is -0.949. The molecule has 1 unspecified atom stereocenters. The molecule has 1 amide bonds. The standard InChI is InChI=1S/C21H22BrNO5/c1-13(2)21(26)23-17-9-7-15(8-10-17)20(25)14(3)28-19(24)12-27-18-6-4-5-16(22)11-18/h4-11,13-14H,12H2,1-3H3,(H,23,26). The molecular formula is C21H22BrNO5. The first-order valence-electron chi connectivity index (χ1n) is 8.79. The minimum Gasteiger partial charge on any atom is -0.482 e. The predicted octanol–water partition coefficient (Wildman–Crippen LogP) is 4.24. The van der Waals surface area contributed by atoms with Crippen molar-refractivity contribution in [1.82, 2.24) is 0 Å². The van der Waals surface area contributed by atoms with Crippen LogP contribution in [-0.2, 0) is 14.3 Å². The molecule has 1 N–H and O–H groups in total. The molecule has 28 heavy (non-hydrogen) atoms. The summed E-state index contributed by atoms with van der Waals surface area (Å²) in [5, 5.41) is 2.75. The van der Waals surface area contributed by atoms with Gasteiger partial charge < -0.3 is 14.8 Å². The molecule has 0 aliphatic rings. The summed E-state index contributed by atoms with van der Waals surface area (Å²) < 4.78 is 11.3. The Morgan fingerprint density at radius 2 is 1.71 bits per heavy atom. The van der Waals surface area contributed by atoms with E-state index in [1.54, 1.807) is 56.3 Å². The molecule has 2 rings (SSSR count). The normalized spacial score (nSPS) is 11.6. The van der Waals surface area contributed by atoms with Gasteiger partial charge in [-0.2, -0.15) is 0 Å². The molecule has 0 saturated heterocycles. The van der Waals surface area contributed by atoms with Crippen LogP contribution in [0.2, 0.25) is 0 Å². The van der Waals surface area contributed by atoms with E-state index in [9.17, 15) is 14.4 Å². The van der Waals surface area contributed by atoms with Crippen LogP contribution in [0.1, 0.15) is 31.1 Å². The summed E-state index contributed by atoms with van der Waals surface area (Å²) >= 11 is 3.32. The number of hydrogen-bond donors (Lipinski definition) is 1. The third-order valence-electron chi connectivity index (χ3n) is 3.79. The zero-order valence-electron chi connectivity index (χ0n) is 15.9. The van der Waals surface area contributed by atoms with Crippen molar-refractivity contribution >= 4 is 39.3 Å². The first-order chi connectivity index (χ1) is 13.3. The van der Waals surface area contributed by atoms with Crippen molar-refractivity contribution in [3.8, 4) is 5.75 Å². The van der Waals surface area contributed by atoms with E-state index in [0.717, 1.165) is 4.47 Å². The number of ether oxygens (including phenoxy) is 2. The summed E-state index contributed by atoms with van der Waals surface area (Å²) in [7, 11) is 0. The van der Waals surface area contributed by atoms with Gasteiger partial charge in [-0.1, -0.05) is 35.8 Å². The van der Waals surface area contributed by atoms with E-state index in [2.05, 4.69) is 21.2 Å². The van der Waals surface area contributed by atoms with Gasteiger partial charge in [0.15, 0.2) is 12.7 Å². The first-order valence-corrected chi connectivity index (χ1v) is 9.58. The van der Waals surface area contributed by atoms with Gasteiger partial charge in [-0.25, -0.2) is 4.79 Å². The fraction of sp³-hybridized carbons (Fsp3) is 0.286. The smallest absolute Gasteiger partial charge is 0.344 e. The summed E-state index contributed by atoms with van der Waals surface area (Å²) in [5.74, 6) is -0.699. The van der Waals surface area contributed by atoms with Crippen LogP contribution in [-0.4, -0.2) is 30.4 Å². The number of carbonyl (C=O) groups is 3. The number of rotatable bonds is 8. The average Bonchev–Trinajstić information content (AvgIpc) is 2.66. The molecule has 0 fully saturated rings. The number of amides is 1. The molecule has 0 heterocycles. The fourth-order valence-corrected chi connectivity index (χ4v) is 2.60. The van der Waals surface area contributed by atoms with Gasteiger partial charge in [0, 0.05) is 21.6 Å². The highest BCUT2D eigenvalue weighted by Crippen LogP contribution is 2.18. The summed E-state index contributed by atoms with van der Waals surface area (Å²) in [5.41, 5.74) is 0.984. The van der Waals surface area contributed by atoms with E-state index in [0.29, 0.717) is 17.0 Å². The van der Waals surface area contributed by atoms with Gasteiger partial charge in [0.2, 0.25) is 11.7 Å². The average molecular weight is 448 g/mol. The van der Waals surface area contributed by atoms with E-state index in [1.807, 2.05) is 6.07 Å². The number of nitrogens with one attached hydrogen (secondary N) is 1. The SMILES string of the molecule is CC(C)C(=O)Nc1ccc(C(=O)C(C)OC(=O)COc2cccc(Br)c2)cc1. The fourth-order valence-electron chi connectivity index (χ4n) is 2.22. The zero-order chi connectivity index (χ0) is 20.7. The van der Waals surface area contributed by atoms with Gasteiger partial charge in [0.1, 0.15) is 5.75 Å². The Bertz CT molecular complexity index is 848. The Morgan fingerprint density at radius 1 is 1.04 bits per heavy atom. The van der Waals surface area contributed by atoms with Gasteiger partial charge >= 0.3 is 5.97 Å². The second-order valence-electron chi connectivity index (χ2n) is 6.46. The monoisotopic (exact) mass is 447 g/mol. The predicted molar refractivity (Wildman–Crippen MR) is 109 cm³/mol. The van der Waals surface area contributed by atoms with Crippen molar-refractivity contribution in [1.29, 1.82) is 0 Å². The first kappa shape index (κ1) is 21.6. The molecule has 7 heteroatoms. The van der Waals surface area contributed by atoms with Crippen LogP contribution in [0.3, 0.4) is 0 Å². The number of halogens is 1. The minimum absolute atomic E-state index is 0.105. The number of benzene rings is 2. The van der Waals surface area contributed by atoms with E-state index in [1.165, 1.54) is 6.92 Å². The highest BCUT2D eigenvalue weighted by molar-refractivity contribution is 9.10. The van der Waals surface area contributed by atoms with Crippen molar-refractivity contribution < 1.29 is 23.9 Å². The number of Topliss-reactive ketones (excluding diaryl/α,β-unsaturated/α-hetero) is 1. The summed E-state index contributed by atoms with van der Waals surface area (Å²) in [4.78, 5) is 36.1. The van der Waals surface area contributed by atoms with Crippen molar-refractivity contribution in [3.63, 3.8) is 0 Å². The number of ketones is 1. The number of esters is 1. The third kappa shape index (κ3) is 6.49. The molecule has 0 saturated carbocycles. The molecular weight excluding hydrogens is 426 g/mol. The quantitative estimate of drug-likeness (QED) is 0.483. The maximum atomic E-state index is 12.4. The van der Waals surface area contributed by atoms with E-state index < -0.39 is 12.1 Å². The van der Waals surface area contributed by atoms with Crippen LogP contribution >= 0.6 is 15.9 Å². The maximum absolute atomic E-state index is 12.4. The second kappa shape index (κ2) is 10.0. The topological polar surface area (TPSA) is 81.7 Å². The number of anilines is 1. The van der Waals surface area contributed by atoms with Gasteiger partial charge in [-0.3, -0.25) is 9.59 Å². The Balaban J connectivity index is 1.87. The lowest BCUT2D eigenvalue weighted by atomic mass is 10.1. The van der Waals surface area contributed by atoms with Crippen LogP contribution in [0.5, 0.6) is 5.75 Å². The Hall–Kier alpha value is -2.67. The van der Waals surface area contributed by atoms with Crippen molar-refractivity contribution in [2.45, 2.75) is 26.9 Å². The van der Waals surface area contributed by atoms with Crippen molar-refractivity contribution in [2.75, 3.05) is 11.9 Å². The van der Waals surface area contributed by atoms with Crippen LogP contribution in [0.4, 0.5) is 5.69 Å². The molecule has 0 spiro atoms. The van der Waals surface area contributed by atoms with Crippen molar-refractivity contribution in [3.05, 3.63) is 58.6 Å². The third-order valence-corrected chi connectivity index (χ3v) is 4.28. The van der Waals surface area contributed by atoms with Gasteiger partial charge in [-0.05, 0) is 49.4 Å². The summed E-state index contributed by atoms with van der Waals surface area (Å²) in [6.45, 7) is 4.80. The van der Waals surface area contributed by atoms with Gasteiger partial charge in [-0.15, -0.1) is 0 Å². The molecule has 0 aliphatic carbocycles. The summed E-state index contributed by atoms with van der Waals surface area (Å²) in [6.07, 6.45) is -0.949. The molecule has 0 aliphatic heterocycles. The Morgan fingerprint density at radius 3 is 2.32 bits per heavy atom. The van der Waals surface area contributed by atoms with Crippen LogP contribution in [0, 0.1) is 5.92 Å². The second-order valence-corrected chi connectivity index (χ2v) is 7.38. The molecule has 0 bridgehead atoms. The van der Waals surface area contributed by atoms with Crippen LogP contribution in [0.25, 0.3) is 0 Å². The summed E-state index contributed by atoms with van der Waals surface area (Å²) in [6, 6.07) is 13.5. The maximum Gasteiger partial charge on any atom is 0.344 e. The lowest BCUT2D eigenvalue weighted by Crippen LogP contribution is -2.27. The van der Waals surface area contributed by atoms with E-state index >= 15 is 0 Å². The van der Waals surface area contributed by atoms with E-state index in [4.69, 9.17) is 9.47 Å². The Labute approximate surface area is 172 Å². The van der Waals surface area contributed by atoms with Crippen LogP contribution < -0.4 is 10.1 Å². The van der Waals surface area contributed by atoms with E-state index in [-0.39, 0.29) is 24.2 Å². The largest absolute Gasteiger partial charge is 0.482 e. The molecule has 148 valence electrons.